The van der Waals surface area contributed by atoms with Gasteiger partial charge in [0.2, 0.25) is 0 Å². The molecule has 1 rings (SSSR count). The summed E-state index contributed by atoms with van der Waals surface area (Å²) in [5.41, 5.74) is 2.49. The molecule has 0 aliphatic carbocycles. The summed E-state index contributed by atoms with van der Waals surface area (Å²) in [7, 11) is 0. The van der Waals surface area contributed by atoms with E-state index in [0.29, 0.717) is 0 Å². The third-order valence-electron chi connectivity index (χ3n) is 1.74. The molecule has 0 amide bonds. The molecule has 0 aliphatic rings. The number of halogens is 2. The fraction of sp³-hybridized carbons (Fsp3) is 0.333. The van der Waals surface area contributed by atoms with E-state index in [-0.39, 0.29) is 0 Å². The predicted octanol–water partition coefficient (Wildman–Crippen LogP) is 3.82. The molecule has 1 aromatic rings. The van der Waals surface area contributed by atoms with Crippen LogP contribution in [0.3, 0.4) is 0 Å². The summed E-state index contributed by atoms with van der Waals surface area (Å²) in [5.74, 6) is 0. The average Bonchev–Trinajstić information content (AvgIpc) is 2.01. The summed E-state index contributed by atoms with van der Waals surface area (Å²) >= 11 is 8.38. The number of benzene rings is 1. The molecule has 0 atom stereocenters. The largest absolute Gasteiger partial charge is 0.0829 e. The van der Waals surface area contributed by atoms with Gasteiger partial charge in [-0.05, 0) is 47.1 Å². The van der Waals surface area contributed by atoms with Gasteiger partial charge in [0, 0.05) is 3.57 Å². The first kappa shape index (κ1) is 9.33. The summed E-state index contributed by atoms with van der Waals surface area (Å²) in [6.45, 7) is 4.19. The molecule has 0 bridgehead atoms. The maximum absolute atomic E-state index is 6.09. The maximum atomic E-state index is 6.09. The molecule has 0 aromatic heterocycles. The summed E-state index contributed by atoms with van der Waals surface area (Å²) in [6, 6.07) is 4.21. The third kappa shape index (κ3) is 1.88. The molecular formula is C9H10ClI. The average molecular weight is 281 g/mol. The van der Waals surface area contributed by atoms with Gasteiger partial charge in [0.05, 0.1) is 5.02 Å². The summed E-state index contributed by atoms with van der Waals surface area (Å²) in [6.07, 6.45) is 1.01. The second-order valence-electron chi connectivity index (χ2n) is 2.52. The Morgan fingerprint density at radius 3 is 2.64 bits per heavy atom. The minimum atomic E-state index is 0.924. The highest BCUT2D eigenvalue weighted by atomic mass is 127. The van der Waals surface area contributed by atoms with Crippen LogP contribution in [0.2, 0.25) is 5.02 Å². The Kier molecular flexibility index (Phi) is 3.19. The second kappa shape index (κ2) is 3.76. The van der Waals surface area contributed by atoms with Crippen LogP contribution in [0, 0.1) is 10.5 Å². The summed E-state index contributed by atoms with van der Waals surface area (Å²) < 4.78 is 1.18. The van der Waals surface area contributed by atoms with Crippen molar-refractivity contribution in [2.45, 2.75) is 20.3 Å². The van der Waals surface area contributed by atoms with Crippen LogP contribution in [-0.4, -0.2) is 0 Å². The Morgan fingerprint density at radius 1 is 1.45 bits per heavy atom. The third-order valence-corrected chi connectivity index (χ3v) is 3.88. The molecule has 0 saturated heterocycles. The van der Waals surface area contributed by atoms with Crippen LogP contribution in [0.25, 0.3) is 0 Å². The molecule has 0 heterocycles. The van der Waals surface area contributed by atoms with Gasteiger partial charge in [0.25, 0.3) is 0 Å². The second-order valence-corrected chi connectivity index (χ2v) is 3.98. The number of hydrogen-bond donors (Lipinski definition) is 0. The molecule has 2 heteroatoms. The van der Waals surface area contributed by atoms with Gasteiger partial charge in [0.15, 0.2) is 0 Å². The van der Waals surface area contributed by atoms with Gasteiger partial charge >= 0.3 is 0 Å². The molecule has 0 nitrogen and oxygen atoms in total. The van der Waals surface area contributed by atoms with E-state index < -0.39 is 0 Å². The minimum absolute atomic E-state index is 0.924. The van der Waals surface area contributed by atoms with E-state index in [1.54, 1.807) is 0 Å². The van der Waals surface area contributed by atoms with Gasteiger partial charge in [-0.25, -0.2) is 0 Å². The lowest BCUT2D eigenvalue weighted by molar-refractivity contribution is 1.13. The molecule has 0 radical (unpaired) electrons. The van der Waals surface area contributed by atoms with E-state index in [0.717, 1.165) is 11.4 Å². The molecule has 0 fully saturated rings. The van der Waals surface area contributed by atoms with Crippen molar-refractivity contribution in [3.63, 3.8) is 0 Å². The van der Waals surface area contributed by atoms with E-state index in [9.17, 15) is 0 Å². The van der Waals surface area contributed by atoms with Crippen LogP contribution < -0.4 is 0 Å². The fourth-order valence-corrected chi connectivity index (χ4v) is 1.83. The van der Waals surface area contributed by atoms with Crippen molar-refractivity contribution in [2.75, 3.05) is 0 Å². The first-order chi connectivity index (χ1) is 5.16. The Morgan fingerprint density at radius 2 is 2.09 bits per heavy atom. The van der Waals surface area contributed by atoms with Crippen LogP contribution in [0.15, 0.2) is 12.1 Å². The SMILES string of the molecule is CCc1ccc(C)c(I)c1Cl. The zero-order chi connectivity index (χ0) is 8.43. The minimum Gasteiger partial charge on any atom is -0.0829 e. The van der Waals surface area contributed by atoms with Gasteiger partial charge in [-0.1, -0.05) is 30.7 Å². The Labute approximate surface area is 86.1 Å². The van der Waals surface area contributed by atoms with Crippen molar-refractivity contribution < 1.29 is 0 Å². The lowest BCUT2D eigenvalue weighted by Gasteiger charge is -2.05. The first-order valence-corrected chi connectivity index (χ1v) is 5.06. The van der Waals surface area contributed by atoms with Crippen LogP contribution in [-0.2, 0) is 6.42 Å². The number of rotatable bonds is 1. The monoisotopic (exact) mass is 280 g/mol. The molecule has 0 N–H and O–H groups in total. The van der Waals surface area contributed by atoms with E-state index in [1.165, 1.54) is 14.7 Å². The van der Waals surface area contributed by atoms with Crippen molar-refractivity contribution >= 4 is 34.2 Å². The molecule has 11 heavy (non-hydrogen) atoms. The maximum Gasteiger partial charge on any atom is 0.0574 e. The fourth-order valence-electron chi connectivity index (χ4n) is 0.959. The predicted molar refractivity (Wildman–Crippen MR) is 58.3 cm³/mol. The lowest BCUT2D eigenvalue weighted by atomic mass is 10.1. The standard InChI is InChI=1S/C9H10ClI/c1-3-7-5-4-6(2)9(11)8(7)10/h4-5H,3H2,1-2H3. The van der Waals surface area contributed by atoms with Crippen molar-refractivity contribution in [3.05, 3.63) is 31.9 Å². The number of aryl methyl sites for hydroxylation is 2. The van der Waals surface area contributed by atoms with Gasteiger partial charge in [0.1, 0.15) is 0 Å². The topological polar surface area (TPSA) is 0 Å². The van der Waals surface area contributed by atoms with E-state index >= 15 is 0 Å². The van der Waals surface area contributed by atoms with Crippen molar-refractivity contribution in [1.29, 1.82) is 0 Å². The molecular weight excluding hydrogens is 270 g/mol. The number of hydrogen-bond acceptors (Lipinski definition) is 0. The smallest absolute Gasteiger partial charge is 0.0574 e. The first-order valence-electron chi connectivity index (χ1n) is 3.60. The van der Waals surface area contributed by atoms with Crippen molar-refractivity contribution in [2.24, 2.45) is 0 Å². The highest BCUT2D eigenvalue weighted by Crippen LogP contribution is 2.25. The Bertz CT molecular complexity index is 269. The molecule has 0 spiro atoms. The highest BCUT2D eigenvalue weighted by Gasteiger charge is 2.03. The quantitative estimate of drug-likeness (QED) is 0.686. The van der Waals surface area contributed by atoms with E-state index in [4.69, 9.17) is 11.6 Å². The molecule has 0 unspecified atom stereocenters. The van der Waals surface area contributed by atoms with Crippen LogP contribution in [0.5, 0.6) is 0 Å². The molecule has 0 aliphatic heterocycles. The Balaban J connectivity index is 3.25. The zero-order valence-electron chi connectivity index (χ0n) is 6.62. The van der Waals surface area contributed by atoms with Crippen LogP contribution in [0.1, 0.15) is 18.1 Å². The highest BCUT2D eigenvalue weighted by molar-refractivity contribution is 14.1. The molecule has 1 aromatic carbocycles. The van der Waals surface area contributed by atoms with Gasteiger partial charge in [-0.2, -0.15) is 0 Å². The van der Waals surface area contributed by atoms with Gasteiger partial charge < -0.3 is 0 Å². The van der Waals surface area contributed by atoms with Crippen LogP contribution in [0.4, 0.5) is 0 Å². The summed E-state index contributed by atoms with van der Waals surface area (Å²) in [5, 5.41) is 0.924. The zero-order valence-corrected chi connectivity index (χ0v) is 9.53. The van der Waals surface area contributed by atoms with Crippen molar-refractivity contribution in [1.82, 2.24) is 0 Å². The van der Waals surface area contributed by atoms with Gasteiger partial charge in [-0.15, -0.1) is 0 Å². The van der Waals surface area contributed by atoms with E-state index in [1.807, 2.05) is 0 Å². The Hall–Kier alpha value is 0.240. The molecule has 60 valence electrons. The lowest BCUT2D eigenvalue weighted by Crippen LogP contribution is -1.88. The van der Waals surface area contributed by atoms with Gasteiger partial charge in [-0.3, -0.25) is 0 Å². The van der Waals surface area contributed by atoms with Crippen molar-refractivity contribution in [3.8, 4) is 0 Å². The summed E-state index contributed by atoms with van der Waals surface area (Å²) in [4.78, 5) is 0. The van der Waals surface area contributed by atoms with Crippen LogP contribution >= 0.6 is 34.2 Å². The van der Waals surface area contributed by atoms with E-state index in [2.05, 4.69) is 48.6 Å². The molecule has 0 saturated carbocycles. The normalized spacial score (nSPS) is 10.2.